The van der Waals surface area contributed by atoms with Crippen molar-refractivity contribution >= 4 is 5.97 Å². The molecule has 0 amide bonds. The standard InChI is InChI=1S/C12H17NO4/c1-13(2)7-9-5-8(3-4-10(9)14)11(15)6-12(16)17/h3-5,11,14-15H,6-7H2,1-2H3,(H,16,17)/t11-/m1/s1. The van der Waals surface area contributed by atoms with Gasteiger partial charge in [-0.05, 0) is 31.8 Å². The number of aliphatic hydroxyl groups is 1. The summed E-state index contributed by atoms with van der Waals surface area (Å²) in [6.07, 6.45) is -1.39. The molecule has 0 aliphatic rings. The van der Waals surface area contributed by atoms with E-state index in [0.29, 0.717) is 17.7 Å². The SMILES string of the molecule is CN(C)Cc1cc([C@H](O)CC(=O)O)ccc1O. The molecule has 1 aromatic rings. The van der Waals surface area contributed by atoms with Gasteiger partial charge in [-0.3, -0.25) is 4.79 Å². The van der Waals surface area contributed by atoms with Crippen LogP contribution in [0.15, 0.2) is 18.2 Å². The molecular weight excluding hydrogens is 222 g/mol. The minimum atomic E-state index is -1.06. The minimum absolute atomic E-state index is 0.143. The van der Waals surface area contributed by atoms with Gasteiger partial charge in [0.25, 0.3) is 0 Å². The Morgan fingerprint density at radius 2 is 2.06 bits per heavy atom. The number of nitrogens with zero attached hydrogens (tertiary/aromatic N) is 1. The smallest absolute Gasteiger partial charge is 0.306 e. The number of phenolic OH excluding ortho intramolecular Hbond substituents is 1. The second kappa shape index (κ2) is 5.65. The molecule has 0 saturated heterocycles. The number of carboxylic acids is 1. The van der Waals surface area contributed by atoms with Crippen molar-refractivity contribution in [2.75, 3.05) is 14.1 Å². The molecule has 0 aromatic heterocycles. The van der Waals surface area contributed by atoms with Crippen molar-refractivity contribution in [3.63, 3.8) is 0 Å². The molecule has 5 nitrogen and oxygen atoms in total. The third-order valence-electron chi connectivity index (χ3n) is 2.34. The first-order valence-electron chi connectivity index (χ1n) is 5.26. The van der Waals surface area contributed by atoms with E-state index in [9.17, 15) is 15.0 Å². The number of carbonyl (C=O) groups is 1. The van der Waals surface area contributed by atoms with Gasteiger partial charge in [0.05, 0.1) is 12.5 Å². The first kappa shape index (κ1) is 13.5. The Kier molecular flexibility index (Phi) is 4.48. The molecule has 0 radical (unpaired) electrons. The molecule has 0 heterocycles. The van der Waals surface area contributed by atoms with E-state index in [1.54, 1.807) is 6.07 Å². The first-order valence-corrected chi connectivity index (χ1v) is 5.26. The second-order valence-corrected chi connectivity index (χ2v) is 4.24. The number of hydrogen-bond acceptors (Lipinski definition) is 4. The Labute approximate surface area is 99.9 Å². The largest absolute Gasteiger partial charge is 0.508 e. The van der Waals surface area contributed by atoms with Gasteiger partial charge < -0.3 is 20.2 Å². The van der Waals surface area contributed by atoms with Crippen LogP contribution in [-0.2, 0) is 11.3 Å². The highest BCUT2D eigenvalue weighted by Crippen LogP contribution is 2.24. The average molecular weight is 239 g/mol. The van der Waals surface area contributed by atoms with Gasteiger partial charge in [0.1, 0.15) is 5.75 Å². The molecule has 0 bridgehead atoms. The summed E-state index contributed by atoms with van der Waals surface area (Å²) >= 11 is 0. The van der Waals surface area contributed by atoms with E-state index in [4.69, 9.17) is 5.11 Å². The van der Waals surface area contributed by atoms with Crippen molar-refractivity contribution in [1.82, 2.24) is 4.90 Å². The Balaban J connectivity index is 2.91. The van der Waals surface area contributed by atoms with Gasteiger partial charge >= 0.3 is 5.97 Å². The number of carboxylic acid groups (broad SMARTS) is 1. The maximum absolute atomic E-state index is 10.5. The summed E-state index contributed by atoms with van der Waals surface area (Å²) in [5.74, 6) is -0.912. The Bertz CT molecular complexity index is 403. The monoisotopic (exact) mass is 239 g/mol. The van der Waals surface area contributed by atoms with Crippen molar-refractivity contribution in [3.8, 4) is 5.75 Å². The van der Waals surface area contributed by atoms with Gasteiger partial charge in [-0.25, -0.2) is 0 Å². The van der Waals surface area contributed by atoms with Crippen LogP contribution in [0.2, 0.25) is 0 Å². The maximum Gasteiger partial charge on any atom is 0.306 e. The Hall–Kier alpha value is -1.59. The molecule has 1 aromatic carbocycles. The average Bonchev–Trinajstić information content (AvgIpc) is 2.19. The van der Waals surface area contributed by atoms with Crippen LogP contribution >= 0.6 is 0 Å². The second-order valence-electron chi connectivity index (χ2n) is 4.24. The van der Waals surface area contributed by atoms with E-state index in [-0.39, 0.29) is 12.2 Å². The number of aliphatic carboxylic acids is 1. The summed E-state index contributed by atoms with van der Waals surface area (Å²) in [4.78, 5) is 12.4. The maximum atomic E-state index is 10.5. The fraction of sp³-hybridized carbons (Fsp3) is 0.417. The summed E-state index contributed by atoms with van der Waals surface area (Å²) in [7, 11) is 3.72. The molecule has 17 heavy (non-hydrogen) atoms. The number of phenols is 1. The summed E-state index contributed by atoms with van der Waals surface area (Å²) in [5.41, 5.74) is 1.17. The van der Waals surface area contributed by atoms with Gasteiger partial charge in [0.15, 0.2) is 0 Å². The molecule has 0 saturated carbocycles. The Morgan fingerprint density at radius 1 is 1.41 bits per heavy atom. The quantitative estimate of drug-likeness (QED) is 0.713. The minimum Gasteiger partial charge on any atom is -0.508 e. The predicted molar refractivity (Wildman–Crippen MR) is 62.7 cm³/mol. The molecule has 0 unspecified atom stereocenters. The van der Waals surface area contributed by atoms with E-state index in [0.717, 1.165) is 0 Å². The molecule has 0 spiro atoms. The molecule has 0 aliphatic heterocycles. The highest BCUT2D eigenvalue weighted by molar-refractivity contribution is 5.67. The fourth-order valence-electron chi connectivity index (χ4n) is 1.56. The third-order valence-corrected chi connectivity index (χ3v) is 2.34. The summed E-state index contributed by atoms with van der Waals surface area (Å²) in [6.45, 7) is 0.527. The zero-order valence-corrected chi connectivity index (χ0v) is 9.92. The molecule has 5 heteroatoms. The highest BCUT2D eigenvalue weighted by atomic mass is 16.4. The van der Waals surface area contributed by atoms with Crippen LogP contribution in [0.1, 0.15) is 23.7 Å². The Morgan fingerprint density at radius 3 is 2.59 bits per heavy atom. The zero-order chi connectivity index (χ0) is 13.0. The molecule has 3 N–H and O–H groups in total. The molecule has 0 fully saturated rings. The highest BCUT2D eigenvalue weighted by Gasteiger charge is 2.14. The van der Waals surface area contributed by atoms with E-state index in [1.165, 1.54) is 12.1 Å². The van der Waals surface area contributed by atoms with Gasteiger partial charge in [-0.1, -0.05) is 6.07 Å². The van der Waals surface area contributed by atoms with Gasteiger partial charge in [-0.15, -0.1) is 0 Å². The first-order chi connectivity index (χ1) is 7.90. The van der Waals surface area contributed by atoms with Gasteiger partial charge in [0, 0.05) is 12.1 Å². The number of rotatable bonds is 5. The lowest BCUT2D eigenvalue weighted by Gasteiger charge is -2.14. The van der Waals surface area contributed by atoms with E-state index in [1.807, 2.05) is 19.0 Å². The third kappa shape index (κ3) is 4.05. The molecular formula is C12H17NO4. The number of aromatic hydroxyl groups is 1. The molecule has 94 valence electrons. The normalized spacial score (nSPS) is 12.7. The lowest BCUT2D eigenvalue weighted by molar-refractivity contribution is -0.139. The number of aliphatic hydroxyl groups excluding tert-OH is 1. The van der Waals surface area contributed by atoms with E-state index in [2.05, 4.69) is 0 Å². The van der Waals surface area contributed by atoms with Crippen LogP contribution in [-0.4, -0.2) is 40.3 Å². The van der Waals surface area contributed by atoms with Crippen molar-refractivity contribution < 1.29 is 20.1 Å². The summed E-state index contributed by atoms with van der Waals surface area (Å²) in [5, 5.41) is 27.9. The molecule has 1 atom stereocenters. The fourth-order valence-corrected chi connectivity index (χ4v) is 1.56. The van der Waals surface area contributed by atoms with E-state index >= 15 is 0 Å². The van der Waals surface area contributed by atoms with Crippen LogP contribution in [0.25, 0.3) is 0 Å². The molecule has 1 rings (SSSR count). The lowest BCUT2D eigenvalue weighted by atomic mass is 10.0. The van der Waals surface area contributed by atoms with Crippen LogP contribution in [0.5, 0.6) is 5.75 Å². The number of benzene rings is 1. The number of hydrogen-bond donors (Lipinski definition) is 3. The van der Waals surface area contributed by atoms with Crippen molar-refractivity contribution in [3.05, 3.63) is 29.3 Å². The van der Waals surface area contributed by atoms with Crippen LogP contribution in [0.4, 0.5) is 0 Å². The topological polar surface area (TPSA) is 81.0 Å². The predicted octanol–water partition coefficient (Wildman–Crippen LogP) is 0.962. The van der Waals surface area contributed by atoms with Crippen LogP contribution in [0, 0.1) is 0 Å². The molecule has 0 aliphatic carbocycles. The van der Waals surface area contributed by atoms with Crippen molar-refractivity contribution in [2.45, 2.75) is 19.1 Å². The van der Waals surface area contributed by atoms with Gasteiger partial charge in [-0.2, -0.15) is 0 Å². The van der Waals surface area contributed by atoms with E-state index < -0.39 is 12.1 Å². The van der Waals surface area contributed by atoms with Gasteiger partial charge in [0.2, 0.25) is 0 Å². The summed E-state index contributed by atoms with van der Waals surface area (Å²) < 4.78 is 0. The van der Waals surface area contributed by atoms with Crippen molar-refractivity contribution in [2.24, 2.45) is 0 Å². The zero-order valence-electron chi connectivity index (χ0n) is 9.92. The lowest BCUT2D eigenvalue weighted by Crippen LogP contribution is -2.12. The van der Waals surface area contributed by atoms with Crippen LogP contribution < -0.4 is 0 Å². The summed E-state index contributed by atoms with van der Waals surface area (Å²) in [6, 6.07) is 4.63. The van der Waals surface area contributed by atoms with Crippen molar-refractivity contribution in [1.29, 1.82) is 0 Å². The van der Waals surface area contributed by atoms with Crippen LogP contribution in [0.3, 0.4) is 0 Å².